The highest BCUT2D eigenvalue weighted by atomic mass is 16.3. The third-order valence-corrected chi connectivity index (χ3v) is 19.7. The van der Waals surface area contributed by atoms with Crippen molar-refractivity contribution < 1.29 is 4.42 Å². The van der Waals surface area contributed by atoms with E-state index >= 15 is 0 Å². The van der Waals surface area contributed by atoms with Crippen molar-refractivity contribution in [3.63, 3.8) is 0 Å². The minimum atomic E-state index is -0.0468. The largest absolute Gasteiger partial charge is 0.468 e. The van der Waals surface area contributed by atoms with Crippen LogP contribution in [0.3, 0.4) is 0 Å². The predicted octanol–water partition coefficient (Wildman–Crippen LogP) is 14.7. The van der Waals surface area contributed by atoms with Gasteiger partial charge in [-0.15, -0.1) is 0 Å². The number of rotatable bonds is 2. The molecule has 2 aliphatic heterocycles. The first-order valence-corrected chi connectivity index (χ1v) is 25.4. The van der Waals surface area contributed by atoms with Crippen molar-refractivity contribution in [1.29, 1.82) is 0 Å². The molecular formula is C61H69BN2O. The summed E-state index contributed by atoms with van der Waals surface area (Å²) in [5.41, 5.74) is 25.5. The lowest BCUT2D eigenvalue weighted by atomic mass is 9.34. The van der Waals surface area contributed by atoms with E-state index in [1.54, 1.807) is 16.7 Å². The van der Waals surface area contributed by atoms with Gasteiger partial charge in [-0.25, -0.2) is 0 Å². The van der Waals surface area contributed by atoms with Crippen molar-refractivity contribution in [3.8, 4) is 0 Å². The summed E-state index contributed by atoms with van der Waals surface area (Å²) in [6.07, 6.45) is 12.5. The van der Waals surface area contributed by atoms with Gasteiger partial charge < -0.3 is 14.2 Å². The molecule has 0 saturated heterocycles. The Kier molecular flexibility index (Phi) is 7.76. The second-order valence-corrected chi connectivity index (χ2v) is 26.0. The molecule has 332 valence electrons. The SMILES string of the molecule is Cc1cc2c3c(c1)N(c1ccc4c(c1)C(C)(C)CCC4(C)C)c1c(oc4cc5c(cc14)C1(C)CCC5(C)CC1)B3c1cc3c(cc1N2c1ccc(C(C)(C)C)cc1)C1(C)CCC3(C)CC1. The van der Waals surface area contributed by atoms with E-state index in [1.165, 1.54) is 142 Å². The van der Waals surface area contributed by atoms with Crippen LogP contribution in [0.15, 0.2) is 83.3 Å². The summed E-state index contributed by atoms with van der Waals surface area (Å²) in [5.74, 6) is 0. The molecule has 9 aliphatic rings. The Labute approximate surface area is 389 Å². The van der Waals surface area contributed by atoms with Gasteiger partial charge in [0, 0.05) is 33.8 Å². The molecule has 0 spiro atoms. The maximum absolute atomic E-state index is 7.70. The van der Waals surface area contributed by atoms with Crippen LogP contribution in [0.4, 0.5) is 34.1 Å². The Hall–Kier alpha value is -4.70. The number of benzene rings is 5. The van der Waals surface area contributed by atoms with Crippen molar-refractivity contribution in [3.05, 3.63) is 123 Å². The molecule has 0 radical (unpaired) electrons. The highest BCUT2D eigenvalue weighted by Gasteiger charge is 2.53. The molecule has 0 N–H and O–H groups in total. The van der Waals surface area contributed by atoms with Crippen molar-refractivity contribution in [2.75, 3.05) is 9.80 Å². The van der Waals surface area contributed by atoms with Gasteiger partial charge in [0.25, 0.3) is 6.71 Å². The molecule has 4 heteroatoms. The fourth-order valence-corrected chi connectivity index (χ4v) is 14.9. The van der Waals surface area contributed by atoms with Gasteiger partial charge in [0.15, 0.2) is 0 Å². The van der Waals surface area contributed by atoms with Gasteiger partial charge in [0.2, 0.25) is 0 Å². The monoisotopic (exact) mass is 857 g/mol. The average molecular weight is 857 g/mol. The highest BCUT2D eigenvalue weighted by Crippen LogP contribution is 2.60. The van der Waals surface area contributed by atoms with Crippen LogP contribution in [0.2, 0.25) is 0 Å². The normalized spacial score (nSPS) is 28.4. The standard InChI is InChI=1S/C61H69BN2O/c1-36-29-49-52-50(30-36)64(39-17-18-41-42(31-39)57(7,8)20-19-56(41,5)6)53-40-32-43-46(61(12)27-21-58(43,9)22-28-61)35-51(40)65-54(53)62(52)47-33-44-45(60(11)25-23-59(44,10)24-26-60)34-48(47)63(49)38-15-13-37(14-16-38)55(2,3)4/h13-18,29-35H,19-28H2,1-12H3. The lowest BCUT2D eigenvalue weighted by Crippen LogP contribution is -2.61. The Morgan fingerprint density at radius 2 is 1.00 bits per heavy atom. The Bertz CT molecular complexity index is 3060. The minimum Gasteiger partial charge on any atom is -0.468 e. The van der Waals surface area contributed by atoms with Crippen LogP contribution in [0, 0.1) is 6.92 Å². The predicted molar refractivity (Wildman–Crippen MR) is 275 cm³/mol. The van der Waals surface area contributed by atoms with Crippen molar-refractivity contribution >= 4 is 68.4 Å². The van der Waals surface area contributed by atoms with E-state index in [0.29, 0.717) is 0 Å². The number of furan rings is 1. The second kappa shape index (κ2) is 12.4. The molecule has 0 atom stereocenters. The molecule has 0 amide bonds. The van der Waals surface area contributed by atoms with Crippen LogP contribution in [-0.4, -0.2) is 6.71 Å². The fourth-order valence-electron chi connectivity index (χ4n) is 14.9. The van der Waals surface area contributed by atoms with E-state index in [0.717, 1.165) is 11.2 Å². The van der Waals surface area contributed by atoms with Gasteiger partial charge in [0.1, 0.15) is 5.58 Å². The smallest absolute Gasteiger partial charge is 0.297 e. The number of nitrogens with zero attached hydrogens (tertiary/aromatic N) is 2. The van der Waals surface area contributed by atoms with Crippen LogP contribution in [-0.2, 0) is 37.9 Å². The van der Waals surface area contributed by atoms with Crippen molar-refractivity contribution in [1.82, 2.24) is 0 Å². The molecule has 65 heavy (non-hydrogen) atoms. The molecule has 7 aliphatic carbocycles. The van der Waals surface area contributed by atoms with Crippen LogP contribution in [0.25, 0.3) is 11.0 Å². The number of hydrogen-bond donors (Lipinski definition) is 0. The van der Waals surface area contributed by atoms with E-state index in [1.807, 2.05) is 0 Å². The van der Waals surface area contributed by atoms with Gasteiger partial charge >= 0.3 is 0 Å². The molecule has 2 fully saturated rings. The van der Waals surface area contributed by atoms with Crippen LogP contribution in [0.5, 0.6) is 0 Å². The minimum absolute atomic E-state index is 0.0468. The maximum atomic E-state index is 7.70. The van der Waals surface area contributed by atoms with E-state index in [-0.39, 0.29) is 44.6 Å². The summed E-state index contributed by atoms with van der Waals surface area (Å²) < 4.78 is 7.70. The van der Waals surface area contributed by atoms with Crippen LogP contribution >= 0.6 is 0 Å². The molecule has 3 heterocycles. The van der Waals surface area contributed by atoms with E-state index in [4.69, 9.17) is 4.42 Å². The first-order chi connectivity index (χ1) is 30.6. The third-order valence-electron chi connectivity index (χ3n) is 19.7. The number of anilines is 6. The summed E-state index contributed by atoms with van der Waals surface area (Å²) in [4.78, 5) is 5.33. The second-order valence-electron chi connectivity index (χ2n) is 26.0. The van der Waals surface area contributed by atoms with Crippen molar-refractivity contribution in [2.24, 2.45) is 0 Å². The number of hydrogen-bond acceptors (Lipinski definition) is 3. The van der Waals surface area contributed by atoms with Gasteiger partial charge in [0.05, 0.1) is 11.3 Å². The Morgan fingerprint density at radius 1 is 0.492 bits per heavy atom. The third kappa shape index (κ3) is 5.32. The molecule has 1 aromatic heterocycles. The molecule has 6 aromatic rings. The molecule has 0 unspecified atom stereocenters. The average Bonchev–Trinajstić information content (AvgIpc) is 3.64. The zero-order valence-corrected chi connectivity index (χ0v) is 41.5. The molecule has 3 nitrogen and oxygen atoms in total. The lowest BCUT2D eigenvalue weighted by Gasteiger charge is -2.53. The molecular weight excluding hydrogens is 787 g/mol. The number of aryl methyl sites for hydroxylation is 1. The molecule has 2 saturated carbocycles. The Balaban J connectivity index is 1.14. The van der Waals surface area contributed by atoms with E-state index < -0.39 is 0 Å². The summed E-state index contributed by atoms with van der Waals surface area (Å²) in [6, 6.07) is 32.6. The van der Waals surface area contributed by atoms with Gasteiger partial charge in [-0.3, -0.25) is 0 Å². The highest BCUT2D eigenvalue weighted by molar-refractivity contribution is 7.00. The summed E-state index contributed by atoms with van der Waals surface area (Å²) in [5, 5.41) is 1.28. The van der Waals surface area contributed by atoms with Gasteiger partial charge in [-0.05, 0) is 219 Å². The van der Waals surface area contributed by atoms with Crippen LogP contribution < -0.4 is 26.4 Å². The fraction of sp³-hybridized carbons (Fsp3) is 0.475. The lowest BCUT2D eigenvalue weighted by molar-refractivity contribution is 0.188. The summed E-state index contributed by atoms with van der Waals surface area (Å²) >= 11 is 0. The zero-order chi connectivity index (χ0) is 45.2. The van der Waals surface area contributed by atoms with E-state index in [2.05, 4.69) is 172 Å². The topological polar surface area (TPSA) is 19.6 Å². The summed E-state index contributed by atoms with van der Waals surface area (Å²) in [7, 11) is 0. The van der Waals surface area contributed by atoms with Gasteiger partial charge in [-0.1, -0.05) is 100 Å². The quantitative estimate of drug-likeness (QED) is 0.162. The molecule has 15 rings (SSSR count). The van der Waals surface area contributed by atoms with E-state index in [9.17, 15) is 0 Å². The summed E-state index contributed by atoms with van der Waals surface area (Å²) in [6.45, 7) is 29.3. The first-order valence-electron chi connectivity index (χ1n) is 25.4. The first kappa shape index (κ1) is 40.6. The zero-order valence-electron chi connectivity index (χ0n) is 41.5. The number of fused-ring (bicyclic) bond motifs is 11. The molecule has 5 aromatic carbocycles. The van der Waals surface area contributed by atoms with Gasteiger partial charge in [-0.2, -0.15) is 0 Å². The maximum Gasteiger partial charge on any atom is 0.297 e. The molecule has 4 bridgehead atoms. The van der Waals surface area contributed by atoms with Crippen LogP contribution in [0.1, 0.15) is 185 Å². The van der Waals surface area contributed by atoms with Crippen molar-refractivity contribution in [2.45, 2.75) is 185 Å². The Morgan fingerprint density at radius 3 is 1.58 bits per heavy atom.